The van der Waals surface area contributed by atoms with Crippen LogP contribution in [0.2, 0.25) is 0 Å². The van der Waals surface area contributed by atoms with Gasteiger partial charge in [-0.15, -0.1) is 0 Å². The summed E-state index contributed by atoms with van der Waals surface area (Å²) in [6.45, 7) is 8.01. The molecule has 9 heteroatoms. The van der Waals surface area contributed by atoms with E-state index in [2.05, 4.69) is 98.6 Å². The van der Waals surface area contributed by atoms with Gasteiger partial charge < -0.3 is 25.8 Å². The molecular weight excluding hydrogens is 631 g/mol. The number of rotatable bonds is 10. The molecule has 256 valence electrons. The lowest BCUT2D eigenvalue weighted by Gasteiger charge is -2.15. The number of aromatic nitrogens is 1. The molecular formula is C42H43N9. The Hall–Kier alpha value is -5.44. The third kappa shape index (κ3) is 5.37. The van der Waals surface area contributed by atoms with Gasteiger partial charge >= 0.3 is 0 Å². The summed E-state index contributed by atoms with van der Waals surface area (Å²) in [5.74, 6) is 4.45. The first-order valence-corrected chi connectivity index (χ1v) is 18.8. The van der Waals surface area contributed by atoms with Crippen molar-refractivity contribution in [2.75, 3.05) is 52.4 Å². The maximum Gasteiger partial charge on any atom is 0.128 e. The molecule has 0 atom stereocenters. The molecule has 5 aliphatic rings. The summed E-state index contributed by atoms with van der Waals surface area (Å²) in [7, 11) is 0. The highest BCUT2D eigenvalue weighted by atomic mass is 15.1. The summed E-state index contributed by atoms with van der Waals surface area (Å²) in [5.41, 5.74) is 12.9. The van der Waals surface area contributed by atoms with E-state index in [0.717, 1.165) is 106 Å². The summed E-state index contributed by atoms with van der Waals surface area (Å²) < 4.78 is 2.54. The zero-order valence-electron chi connectivity index (χ0n) is 28.9. The Morgan fingerprint density at radius 3 is 1.35 bits per heavy atom. The minimum Gasteiger partial charge on any atom is -0.368 e. The second-order valence-corrected chi connectivity index (χ2v) is 14.2. The van der Waals surface area contributed by atoms with E-state index in [1.165, 1.54) is 68.0 Å². The van der Waals surface area contributed by atoms with Gasteiger partial charge in [0.25, 0.3) is 0 Å². The molecule has 0 fully saturated rings. The number of amidine groups is 4. The van der Waals surface area contributed by atoms with Crippen molar-refractivity contribution < 1.29 is 0 Å². The van der Waals surface area contributed by atoms with E-state index < -0.39 is 0 Å². The number of nitrogens with one attached hydrogen (secondary N) is 4. The molecule has 5 aromatic rings. The van der Waals surface area contributed by atoms with Gasteiger partial charge in [-0.25, -0.2) is 0 Å². The number of hydrogen-bond acceptors (Lipinski definition) is 8. The first-order chi connectivity index (χ1) is 25.3. The molecule has 10 rings (SSSR count). The van der Waals surface area contributed by atoms with Crippen LogP contribution in [0.15, 0.2) is 92.8 Å². The molecule has 1 aromatic heterocycles. The van der Waals surface area contributed by atoms with Crippen molar-refractivity contribution in [2.24, 2.45) is 20.0 Å². The molecule has 0 radical (unpaired) electrons. The average molecular weight is 674 g/mol. The highest BCUT2D eigenvalue weighted by Crippen LogP contribution is 2.48. The smallest absolute Gasteiger partial charge is 0.128 e. The van der Waals surface area contributed by atoms with E-state index in [4.69, 9.17) is 20.0 Å². The van der Waals surface area contributed by atoms with Gasteiger partial charge in [0.2, 0.25) is 0 Å². The highest BCUT2D eigenvalue weighted by molar-refractivity contribution is 6.14. The number of fused-ring (bicyclic) bond motifs is 6. The lowest BCUT2D eigenvalue weighted by molar-refractivity contribution is 0.570. The number of nitrogens with zero attached hydrogens (tertiary/aromatic N) is 5. The predicted molar refractivity (Wildman–Crippen MR) is 209 cm³/mol. The highest BCUT2D eigenvalue weighted by Gasteiger charge is 2.30. The third-order valence-electron chi connectivity index (χ3n) is 11.2. The fourth-order valence-electron chi connectivity index (χ4n) is 8.76. The van der Waals surface area contributed by atoms with Crippen molar-refractivity contribution in [3.63, 3.8) is 0 Å². The van der Waals surface area contributed by atoms with E-state index in [-0.39, 0.29) is 0 Å². The van der Waals surface area contributed by atoms with Crippen LogP contribution >= 0.6 is 0 Å². The van der Waals surface area contributed by atoms with Crippen molar-refractivity contribution >= 4 is 45.1 Å². The lowest BCUT2D eigenvalue weighted by atomic mass is 9.90. The average Bonchev–Trinajstić information content (AvgIpc) is 4.03. The standard InChI is InChI=1S/C42H43N9/c1(2-4-30-31-9-5-26(39-43-13-14-44-39)22-33(31)34-23-27(6-10-32(30)34)40-45-15-16-46-40)3-21-51-37-11-7-28(41-47-17-18-48-41)24-35(37)36-25-29(8-12-38(36)51)42-49-19-20-50-42/h5-12,22-25,30H,1-4,13-21H2,(H,43,44)(H,45,46)(H,47,48)(H,49,50). The number of aryl methyl sites for hydroxylation is 1. The van der Waals surface area contributed by atoms with E-state index in [1.807, 2.05) is 0 Å². The minimum absolute atomic E-state index is 0.402. The summed E-state index contributed by atoms with van der Waals surface area (Å²) >= 11 is 0. The van der Waals surface area contributed by atoms with Gasteiger partial charge in [-0.3, -0.25) is 20.0 Å². The molecule has 5 heterocycles. The van der Waals surface area contributed by atoms with Gasteiger partial charge in [0.05, 0.1) is 26.2 Å². The fraction of sp³-hybridized carbons (Fsp3) is 0.333. The molecule has 4 aromatic carbocycles. The second kappa shape index (κ2) is 12.7. The topological polar surface area (TPSA) is 102 Å². The van der Waals surface area contributed by atoms with Gasteiger partial charge in [0.15, 0.2) is 0 Å². The fourth-order valence-corrected chi connectivity index (χ4v) is 8.76. The summed E-state index contributed by atoms with van der Waals surface area (Å²) in [6, 6.07) is 27.7. The van der Waals surface area contributed by atoms with Crippen molar-refractivity contribution in [2.45, 2.75) is 38.1 Å². The SMILES string of the molecule is c1cc2c(cc1C1=NCCN1)-c1cc(C3=NCCN3)ccc1C2CCCCCn1c2ccc(C3=NCCN3)cc2c2cc(C3=NCCN3)ccc21. The van der Waals surface area contributed by atoms with Crippen LogP contribution in [0, 0.1) is 0 Å². The molecule has 0 spiro atoms. The normalized spacial score (nSPS) is 17.8. The maximum atomic E-state index is 4.72. The number of hydrogen-bond donors (Lipinski definition) is 4. The van der Waals surface area contributed by atoms with E-state index in [0.29, 0.717) is 5.92 Å². The Balaban J connectivity index is 0.903. The van der Waals surface area contributed by atoms with E-state index in [9.17, 15) is 0 Å². The number of unbranched alkanes of at least 4 members (excludes halogenated alkanes) is 2. The van der Waals surface area contributed by atoms with Gasteiger partial charge in [0, 0.05) is 82.7 Å². The van der Waals surface area contributed by atoms with Crippen LogP contribution in [0.4, 0.5) is 0 Å². The number of aliphatic imine (C=N–C) groups is 4. The molecule has 4 N–H and O–H groups in total. The first kappa shape index (κ1) is 30.4. The van der Waals surface area contributed by atoms with Crippen molar-refractivity contribution in [3.8, 4) is 11.1 Å². The van der Waals surface area contributed by atoms with E-state index >= 15 is 0 Å². The second-order valence-electron chi connectivity index (χ2n) is 14.2. The first-order valence-electron chi connectivity index (χ1n) is 18.8. The van der Waals surface area contributed by atoms with Crippen LogP contribution in [0.5, 0.6) is 0 Å². The molecule has 4 aliphatic heterocycles. The maximum absolute atomic E-state index is 4.72. The molecule has 0 amide bonds. The molecule has 0 bridgehead atoms. The lowest BCUT2D eigenvalue weighted by Crippen LogP contribution is -2.19. The summed E-state index contributed by atoms with van der Waals surface area (Å²) in [4.78, 5) is 18.9. The monoisotopic (exact) mass is 673 g/mol. The Bertz CT molecular complexity index is 2170. The van der Waals surface area contributed by atoms with Crippen LogP contribution in [-0.2, 0) is 6.54 Å². The molecule has 0 saturated heterocycles. The van der Waals surface area contributed by atoms with Crippen molar-refractivity contribution in [1.82, 2.24) is 25.8 Å². The van der Waals surface area contributed by atoms with Gasteiger partial charge in [-0.05, 0) is 83.6 Å². The minimum atomic E-state index is 0.402. The molecule has 0 unspecified atom stereocenters. The van der Waals surface area contributed by atoms with Gasteiger partial charge in [-0.2, -0.15) is 0 Å². The van der Waals surface area contributed by atoms with Gasteiger partial charge in [-0.1, -0.05) is 37.1 Å². The van der Waals surface area contributed by atoms with Crippen LogP contribution < -0.4 is 21.3 Å². The summed E-state index contributed by atoms with van der Waals surface area (Å²) in [5, 5.41) is 16.4. The zero-order valence-corrected chi connectivity index (χ0v) is 28.9. The number of benzene rings is 4. The van der Waals surface area contributed by atoms with Crippen LogP contribution in [0.3, 0.4) is 0 Å². The van der Waals surface area contributed by atoms with Crippen LogP contribution in [-0.4, -0.2) is 80.3 Å². The van der Waals surface area contributed by atoms with E-state index in [1.54, 1.807) is 0 Å². The molecule has 1 aliphatic carbocycles. The Labute approximate surface area is 298 Å². The predicted octanol–water partition coefficient (Wildman–Crippen LogP) is 5.57. The molecule has 51 heavy (non-hydrogen) atoms. The van der Waals surface area contributed by atoms with Crippen molar-refractivity contribution in [3.05, 3.63) is 106 Å². The van der Waals surface area contributed by atoms with Crippen molar-refractivity contribution in [1.29, 1.82) is 0 Å². The quantitative estimate of drug-likeness (QED) is 0.146. The molecule has 9 nitrogen and oxygen atoms in total. The Kier molecular flexibility index (Phi) is 7.57. The Morgan fingerprint density at radius 1 is 0.490 bits per heavy atom. The summed E-state index contributed by atoms with van der Waals surface area (Å²) in [6.07, 6.45) is 4.63. The Morgan fingerprint density at radius 2 is 0.922 bits per heavy atom. The van der Waals surface area contributed by atoms with Gasteiger partial charge in [0.1, 0.15) is 23.3 Å². The zero-order chi connectivity index (χ0) is 33.7. The molecule has 0 saturated carbocycles. The largest absolute Gasteiger partial charge is 0.368 e. The van der Waals surface area contributed by atoms with Crippen LogP contribution in [0.25, 0.3) is 32.9 Å². The third-order valence-corrected chi connectivity index (χ3v) is 11.2. The van der Waals surface area contributed by atoms with Crippen LogP contribution in [0.1, 0.15) is 65.0 Å².